The van der Waals surface area contributed by atoms with Gasteiger partial charge in [-0.2, -0.15) is 13.2 Å². The van der Waals surface area contributed by atoms with E-state index in [1.165, 1.54) is 19.2 Å². The second-order valence-electron chi connectivity index (χ2n) is 8.96. The fourth-order valence-electron chi connectivity index (χ4n) is 4.61. The summed E-state index contributed by atoms with van der Waals surface area (Å²) in [7, 11) is 1.32. The van der Waals surface area contributed by atoms with Gasteiger partial charge in [0.25, 0.3) is 5.91 Å². The number of nitrogens with zero attached hydrogens (tertiary/aromatic N) is 3. The molecule has 2 aromatic carbocycles. The van der Waals surface area contributed by atoms with Crippen LogP contribution in [0.1, 0.15) is 34.4 Å². The first-order chi connectivity index (χ1) is 18.6. The van der Waals surface area contributed by atoms with Gasteiger partial charge in [-0.3, -0.25) is 9.59 Å². The Hall–Kier alpha value is -4.45. The van der Waals surface area contributed by atoms with Crippen LogP contribution in [0.25, 0.3) is 22.4 Å². The topological polar surface area (TPSA) is 124 Å². The molecule has 0 bridgehead atoms. The zero-order valence-electron chi connectivity index (χ0n) is 21.0. The molecule has 0 spiro atoms. The summed E-state index contributed by atoms with van der Waals surface area (Å²) in [5.74, 6) is -0.813. The molecule has 202 valence electrons. The first-order valence-electron chi connectivity index (χ1n) is 12.1. The summed E-state index contributed by atoms with van der Waals surface area (Å²) in [6.07, 6.45) is -3.93. The Labute approximate surface area is 220 Å². The molecular formula is C27H24F3N5O4. The maximum atomic E-state index is 13.3. The van der Waals surface area contributed by atoms with Crippen LogP contribution in [0, 0.1) is 0 Å². The van der Waals surface area contributed by atoms with Crippen LogP contribution in [-0.4, -0.2) is 41.5 Å². The number of carbonyl (C=O) groups is 2. The van der Waals surface area contributed by atoms with Crippen molar-refractivity contribution in [2.24, 2.45) is 5.73 Å². The van der Waals surface area contributed by atoms with Crippen molar-refractivity contribution >= 4 is 28.4 Å². The molecule has 0 aliphatic carbocycles. The lowest BCUT2D eigenvalue weighted by Gasteiger charge is -2.22. The molecule has 39 heavy (non-hydrogen) atoms. The monoisotopic (exact) mass is 539 g/mol. The maximum absolute atomic E-state index is 13.3. The third-order valence-electron chi connectivity index (χ3n) is 6.53. The van der Waals surface area contributed by atoms with E-state index in [9.17, 15) is 22.8 Å². The summed E-state index contributed by atoms with van der Waals surface area (Å²) in [6, 6.07) is 11.8. The summed E-state index contributed by atoms with van der Waals surface area (Å²) in [5, 5.41) is 2.93. The molecule has 3 heterocycles. The lowest BCUT2D eigenvalue weighted by molar-refractivity contribution is -0.141. The number of benzene rings is 2. The van der Waals surface area contributed by atoms with Gasteiger partial charge < -0.3 is 25.1 Å². The zero-order chi connectivity index (χ0) is 27.9. The third kappa shape index (κ3) is 4.78. The minimum absolute atomic E-state index is 0.0396. The van der Waals surface area contributed by atoms with Crippen LogP contribution >= 0.6 is 0 Å². The molecule has 0 unspecified atom stereocenters. The minimum Gasteiger partial charge on any atom is -0.494 e. The van der Waals surface area contributed by atoms with Crippen molar-refractivity contribution in [1.29, 1.82) is 0 Å². The number of rotatable bonds is 6. The molecule has 1 atom stereocenters. The van der Waals surface area contributed by atoms with E-state index in [0.29, 0.717) is 12.1 Å². The quantitative estimate of drug-likeness (QED) is 0.378. The molecule has 4 aromatic rings. The number of amides is 2. The maximum Gasteiger partial charge on any atom is 0.433 e. The van der Waals surface area contributed by atoms with Gasteiger partial charge in [0.15, 0.2) is 11.5 Å². The molecule has 0 saturated carbocycles. The molecule has 1 aliphatic heterocycles. The fourth-order valence-corrected chi connectivity index (χ4v) is 4.61. The molecule has 12 heteroatoms. The number of oxazole rings is 1. The normalized spacial score (nSPS) is 13.8. The van der Waals surface area contributed by atoms with E-state index in [4.69, 9.17) is 14.9 Å². The molecule has 0 radical (unpaired) electrons. The smallest absolute Gasteiger partial charge is 0.433 e. The molecule has 0 saturated heterocycles. The number of halogens is 3. The Morgan fingerprint density at radius 3 is 2.64 bits per heavy atom. The van der Waals surface area contributed by atoms with Crippen LogP contribution in [0.5, 0.6) is 5.75 Å². The highest BCUT2D eigenvalue weighted by atomic mass is 19.4. The van der Waals surface area contributed by atoms with Crippen LogP contribution in [0.4, 0.5) is 18.9 Å². The summed E-state index contributed by atoms with van der Waals surface area (Å²) in [4.78, 5) is 35.9. The van der Waals surface area contributed by atoms with Crippen molar-refractivity contribution in [1.82, 2.24) is 15.3 Å². The number of nitrogens with two attached hydrogens (primary N) is 1. The van der Waals surface area contributed by atoms with Gasteiger partial charge in [0.2, 0.25) is 11.8 Å². The Morgan fingerprint density at radius 1 is 1.15 bits per heavy atom. The molecule has 2 aromatic heterocycles. The molecule has 3 N–H and O–H groups in total. The van der Waals surface area contributed by atoms with Gasteiger partial charge in [0.05, 0.1) is 13.7 Å². The lowest BCUT2D eigenvalue weighted by atomic mass is 10.1. The van der Waals surface area contributed by atoms with E-state index in [1.54, 1.807) is 17.9 Å². The number of alkyl halides is 3. The number of para-hydroxylation sites is 1. The fraction of sp³-hybridized carbons (Fsp3) is 0.259. The third-order valence-corrected chi connectivity index (χ3v) is 6.53. The van der Waals surface area contributed by atoms with Crippen LogP contribution in [0.3, 0.4) is 0 Å². The molecule has 9 nitrogen and oxygen atoms in total. The second kappa shape index (κ2) is 10.0. The molecule has 5 rings (SSSR count). The van der Waals surface area contributed by atoms with Crippen LogP contribution in [0.2, 0.25) is 0 Å². The molecule has 0 fully saturated rings. The van der Waals surface area contributed by atoms with Gasteiger partial charge in [0, 0.05) is 23.2 Å². The molecule has 1 aliphatic rings. The zero-order valence-corrected chi connectivity index (χ0v) is 21.0. The Balaban J connectivity index is 1.44. The van der Waals surface area contributed by atoms with E-state index in [1.807, 2.05) is 24.3 Å². The van der Waals surface area contributed by atoms with Crippen LogP contribution < -0.4 is 20.7 Å². The number of ether oxygens (including phenoxy) is 1. The largest absolute Gasteiger partial charge is 0.494 e. The number of fused-ring (bicyclic) bond motifs is 2. The van der Waals surface area contributed by atoms with Gasteiger partial charge >= 0.3 is 6.18 Å². The summed E-state index contributed by atoms with van der Waals surface area (Å²) >= 11 is 0. The van der Waals surface area contributed by atoms with Gasteiger partial charge in [-0.05, 0) is 49.2 Å². The molecule has 2 amide bonds. The Kier molecular flexibility index (Phi) is 6.73. The number of hydrogen-bond donors (Lipinski definition) is 2. The summed E-state index contributed by atoms with van der Waals surface area (Å²) in [5.41, 5.74) is 6.70. The predicted octanol–water partition coefficient (Wildman–Crippen LogP) is 4.08. The summed E-state index contributed by atoms with van der Waals surface area (Å²) < 4.78 is 50.8. The average Bonchev–Trinajstić information content (AvgIpc) is 3.56. The van der Waals surface area contributed by atoms with Crippen molar-refractivity contribution < 1.29 is 31.9 Å². The number of nitrogens with one attached hydrogen (secondary N) is 1. The number of pyridine rings is 1. The SMILES string of the molecule is COc1ccc(-c2nc(C(=O)N[C@H](C)C(=O)N3CCc4ccccc43)c(CN)o2)c2ccc(C(F)(F)F)nc12. The van der Waals surface area contributed by atoms with Crippen molar-refractivity contribution in [3.8, 4) is 17.2 Å². The Bertz CT molecular complexity index is 1580. The number of anilines is 1. The van der Waals surface area contributed by atoms with Gasteiger partial charge in [-0.1, -0.05) is 18.2 Å². The lowest BCUT2D eigenvalue weighted by Crippen LogP contribution is -2.46. The van der Waals surface area contributed by atoms with Gasteiger partial charge in [-0.15, -0.1) is 0 Å². The predicted molar refractivity (Wildman–Crippen MR) is 136 cm³/mol. The first-order valence-corrected chi connectivity index (χ1v) is 12.1. The molecular weight excluding hydrogens is 515 g/mol. The summed E-state index contributed by atoms with van der Waals surface area (Å²) in [6.45, 7) is 1.91. The highest BCUT2D eigenvalue weighted by molar-refractivity contribution is 6.03. The van der Waals surface area contributed by atoms with E-state index in [2.05, 4.69) is 15.3 Å². The van der Waals surface area contributed by atoms with Gasteiger partial charge in [-0.25, -0.2) is 9.97 Å². The highest BCUT2D eigenvalue weighted by Gasteiger charge is 2.34. The first kappa shape index (κ1) is 26.2. The van der Waals surface area contributed by atoms with E-state index in [-0.39, 0.29) is 46.4 Å². The standard InChI is InChI=1S/C27H24F3N5O4/c1-14(26(37)35-12-11-15-5-3-4-6-18(15)35)32-24(36)23-20(13-31)39-25(34-23)17-7-9-19(38-2)22-16(17)8-10-21(33-22)27(28,29)30/h3-10,14H,11-13,31H2,1-2H3,(H,32,36)/t14-/m1/s1. The van der Waals surface area contributed by atoms with E-state index < -0.39 is 23.8 Å². The van der Waals surface area contributed by atoms with E-state index in [0.717, 1.165) is 23.7 Å². The van der Waals surface area contributed by atoms with Crippen molar-refractivity contribution in [2.75, 3.05) is 18.6 Å². The Morgan fingerprint density at radius 2 is 1.92 bits per heavy atom. The van der Waals surface area contributed by atoms with Crippen LogP contribution in [-0.2, 0) is 23.9 Å². The second-order valence-corrected chi connectivity index (χ2v) is 8.96. The van der Waals surface area contributed by atoms with E-state index >= 15 is 0 Å². The highest BCUT2D eigenvalue weighted by Crippen LogP contribution is 2.37. The van der Waals surface area contributed by atoms with Crippen molar-refractivity contribution in [3.05, 3.63) is 71.2 Å². The number of hydrogen-bond acceptors (Lipinski definition) is 7. The van der Waals surface area contributed by atoms with Crippen LogP contribution in [0.15, 0.2) is 52.9 Å². The van der Waals surface area contributed by atoms with Gasteiger partial charge in [0.1, 0.15) is 23.0 Å². The minimum atomic E-state index is -4.65. The van der Waals surface area contributed by atoms with Crippen molar-refractivity contribution in [3.63, 3.8) is 0 Å². The average molecular weight is 540 g/mol. The van der Waals surface area contributed by atoms with Crippen molar-refractivity contribution in [2.45, 2.75) is 32.1 Å². The number of methoxy groups -OCH3 is 1. The number of carbonyl (C=O) groups excluding carboxylic acids is 2. The number of aromatic nitrogens is 2.